The van der Waals surface area contributed by atoms with Crippen molar-refractivity contribution in [3.63, 3.8) is 0 Å². The van der Waals surface area contributed by atoms with Crippen LogP contribution in [0.1, 0.15) is 32.6 Å². The van der Waals surface area contributed by atoms with Crippen molar-refractivity contribution in [1.29, 1.82) is 0 Å². The fraction of sp³-hybridized carbons (Fsp3) is 0.611. The summed E-state index contributed by atoms with van der Waals surface area (Å²) < 4.78 is 0. The van der Waals surface area contributed by atoms with Gasteiger partial charge in [0.2, 0.25) is 5.91 Å². The Kier molecular flexibility index (Phi) is 10.9. The van der Waals surface area contributed by atoms with Gasteiger partial charge in [-0.15, -0.1) is 0 Å². The van der Waals surface area contributed by atoms with Gasteiger partial charge in [0.05, 0.1) is 0 Å². The molecule has 1 aliphatic heterocycles. The van der Waals surface area contributed by atoms with Crippen molar-refractivity contribution < 1.29 is 4.79 Å². The Hall–Kier alpha value is -1.00. The molecule has 4 heteroatoms. The van der Waals surface area contributed by atoms with Crippen LogP contribution in [0, 0.1) is 0 Å². The number of amides is 1. The van der Waals surface area contributed by atoms with Gasteiger partial charge in [-0.05, 0) is 31.1 Å². The summed E-state index contributed by atoms with van der Waals surface area (Å²) in [6, 6.07) is 0. The Morgan fingerprint density at radius 3 is 2.82 bits per heavy atom. The van der Waals surface area contributed by atoms with Crippen LogP contribution in [0.5, 0.6) is 0 Å². The molecule has 22 heavy (non-hydrogen) atoms. The van der Waals surface area contributed by atoms with E-state index >= 15 is 0 Å². The minimum atomic E-state index is 0.158. The number of nitrogens with one attached hydrogen (secondary N) is 1. The standard InChI is InChI=1S/C18H30N2OS/c1-3-5-6-10-17(9-4-2)22-16-8-7-11-18(21)20-14-12-19-13-15-20/h3,5-7,11,17,19H,1,4,8-10,12-16H2,2H3/b6-5-,11-7-. The lowest BCUT2D eigenvalue weighted by atomic mass is 10.2. The number of rotatable bonds is 10. The van der Waals surface area contributed by atoms with Crippen LogP contribution in [-0.4, -0.2) is 48.0 Å². The van der Waals surface area contributed by atoms with Gasteiger partial charge in [0.25, 0.3) is 0 Å². The maximum atomic E-state index is 12.0. The van der Waals surface area contributed by atoms with E-state index in [0.717, 1.165) is 44.8 Å². The first-order chi connectivity index (χ1) is 10.8. The zero-order valence-electron chi connectivity index (χ0n) is 13.8. The maximum Gasteiger partial charge on any atom is 0.246 e. The lowest BCUT2D eigenvalue weighted by Gasteiger charge is -2.26. The van der Waals surface area contributed by atoms with Gasteiger partial charge in [-0.1, -0.05) is 44.2 Å². The number of carbonyl (C=O) groups is 1. The van der Waals surface area contributed by atoms with Crippen molar-refractivity contribution in [1.82, 2.24) is 10.2 Å². The fourth-order valence-corrected chi connectivity index (χ4v) is 3.65. The van der Waals surface area contributed by atoms with Gasteiger partial charge in [0.15, 0.2) is 0 Å². The molecular weight excluding hydrogens is 292 g/mol. The van der Waals surface area contributed by atoms with E-state index in [4.69, 9.17) is 0 Å². The minimum absolute atomic E-state index is 0.158. The van der Waals surface area contributed by atoms with Crippen molar-refractivity contribution in [3.05, 3.63) is 37.0 Å². The molecule has 3 nitrogen and oxygen atoms in total. The summed E-state index contributed by atoms with van der Waals surface area (Å²) in [4.78, 5) is 13.9. The van der Waals surface area contributed by atoms with Crippen molar-refractivity contribution in [3.8, 4) is 0 Å². The van der Waals surface area contributed by atoms with Crippen LogP contribution in [-0.2, 0) is 4.79 Å². The predicted molar refractivity (Wildman–Crippen MR) is 98.3 cm³/mol. The summed E-state index contributed by atoms with van der Waals surface area (Å²) in [6.07, 6.45) is 14.4. The smallest absolute Gasteiger partial charge is 0.246 e. The van der Waals surface area contributed by atoms with Gasteiger partial charge in [0, 0.05) is 31.4 Å². The third-order valence-electron chi connectivity index (χ3n) is 3.61. The second-order valence-electron chi connectivity index (χ2n) is 5.45. The average molecular weight is 323 g/mol. The molecule has 0 spiro atoms. The van der Waals surface area contributed by atoms with Crippen LogP contribution in [0.2, 0.25) is 0 Å². The molecule has 0 aromatic carbocycles. The molecule has 1 rings (SSSR count). The fourth-order valence-electron chi connectivity index (χ4n) is 2.40. The van der Waals surface area contributed by atoms with Crippen LogP contribution in [0.25, 0.3) is 0 Å². The van der Waals surface area contributed by atoms with E-state index in [0.29, 0.717) is 5.25 Å². The highest BCUT2D eigenvalue weighted by atomic mass is 32.2. The molecular formula is C18H30N2OS. The number of nitrogens with zero attached hydrogens (tertiary/aromatic N) is 1. The number of hydrogen-bond acceptors (Lipinski definition) is 3. The molecule has 1 heterocycles. The number of allylic oxidation sites excluding steroid dienone is 4. The van der Waals surface area contributed by atoms with Crippen LogP contribution in [0.15, 0.2) is 37.0 Å². The molecule has 1 fully saturated rings. The Bertz CT molecular complexity index is 373. The summed E-state index contributed by atoms with van der Waals surface area (Å²) in [5.74, 6) is 1.24. The van der Waals surface area contributed by atoms with E-state index in [1.165, 1.54) is 12.8 Å². The Morgan fingerprint density at radius 1 is 1.36 bits per heavy atom. The quantitative estimate of drug-likeness (QED) is 0.380. The van der Waals surface area contributed by atoms with E-state index in [9.17, 15) is 4.79 Å². The monoisotopic (exact) mass is 322 g/mol. The summed E-state index contributed by atoms with van der Waals surface area (Å²) in [5, 5.41) is 3.94. The molecule has 0 aliphatic carbocycles. The molecule has 1 atom stereocenters. The molecule has 124 valence electrons. The molecule has 0 aromatic rings. The molecule has 0 radical (unpaired) electrons. The first-order valence-electron chi connectivity index (χ1n) is 8.33. The van der Waals surface area contributed by atoms with Crippen molar-refractivity contribution in [2.24, 2.45) is 0 Å². The molecule has 1 unspecified atom stereocenters. The van der Waals surface area contributed by atoms with Crippen LogP contribution in [0.3, 0.4) is 0 Å². The number of thioether (sulfide) groups is 1. The summed E-state index contributed by atoms with van der Waals surface area (Å²) >= 11 is 2.01. The van der Waals surface area contributed by atoms with E-state index in [2.05, 4.69) is 24.9 Å². The highest BCUT2D eigenvalue weighted by molar-refractivity contribution is 7.99. The average Bonchev–Trinajstić information content (AvgIpc) is 2.55. The molecule has 1 saturated heterocycles. The highest BCUT2D eigenvalue weighted by Gasteiger charge is 2.12. The van der Waals surface area contributed by atoms with Crippen LogP contribution >= 0.6 is 11.8 Å². The molecule has 0 bridgehead atoms. The number of hydrogen-bond donors (Lipinski definition) is 1. The molecule has 0 aromatic heterocycles. The third kappa shape index (κ3) is 8.44. The minimum Gasteiger partial charge on any atom is -0.337 e. The van der Waals surface area contributed by atoms with Gasteiger partial charge in [0.1, 0.15) is 0 Å². The number of piperazine rings is 1. The van der Waals surface area contributed by atoms with E-state index in [1.807, 2.05) is 34.9 Å². The lowest BCUT2D eigenvalue weighted by Crippen LogP contribution is -2.45. The lowest BCUT2D eigenvalue weighted by molar-refractivity contribution is -0.126. The molecule has 1 N–H and O–H groups in total. The second kappa shape index (κ2) is 12.5. The molecule has 0 saturated carbocycles. The van der Waals surface area contributed by atoms with Gasteiger partial charge in [-0.25, -0.2) is 0 Å². The van der Waals surface area contributed by atoms with Crippen molar-refractivity contribution in [2.75, 3.05) is 31.9 Å². The SMILES string of the molecule is C=C/C=C\CC(CCC)SCC/C=C\C(=O)N1CCNCC1. The zero-order chi connectivity index (χ0) is 16.0. The Balaban J connectivity index is 2.20. The van der Waals surface area contributed by atoms with E-state index in [-0.39, 0.29) is 5.91 Å². The second-order valence-corrected chi connectivity index (χ2v) is 6.86. The summed E-state index contributed by atoms with van der Waals surface area (Å²) in [7, 11) is 0. The third-order valence-corrected chi connectivity index (χ3v) is 4.98. The maximum absolute atomic E-state index is 12.0. The largest absolute Gasteiger partial charge is 0.337 e. The molecule has 1 aliphatic rings. The summed E-state index contributed by atoms with van der Waals surface area (Å²) in [5.41, 5.74) is 0. The Morgan fingerprint density at radius 2 is 2.14 bits per heavy atom. The predicted octanol–water partition coefficient (Wildman–Crippen LogP) is 3.40. The van der Waals surface area contributed by atoms with Crippen LogP contribution in [0.4, 0.5) is 0 Å². The first-order valence-corrected chi connectivity index (χ1v) is 9.38. The van der Waals surface area contributed by atoms with Crippen molar-refractivity contribution in [2.45, 2.75) is 37.9 Å². The Labute approximate surface area is 139 Å². The zero-order valence-corrected chi connectivity index (χ0v) is 14.6. The first kappa shape index (κ1) is 19.0. The summed E-state index contributed by atoms with van der Waals surface area (Å²) in [6.45, 7) is 9.40. The normalized spacial score (nSPS) is 17.2. The van der Waals surface area contributed by atoms with Gasteiger partial charge >= 0.3 is 0 Å². The van der Waals surface area contributed by atoms with Gasteiger partial charge in [-0.2, -0.15) is 11.8 Å². The van der Waals surface area contributed by atoms with Crippen molar-refractivity contribution >= 4 is 17.7 Å². The van der Waals surface area contributed by atoms with E-state index < -0.39 is 0 Å². The van der Waals surface area contributed by atoms with E-state index in [1.54, 1.807) is 6.08 Å². The van der Waals surface area contributed by atoms with Crippen LogP contribution < -0.4 is 5.32 Å². The molecule has 1 amide bonds. The highest BCUT2D eigenvalue weighted by Crippen LogP contribution is 2.21. The van der Waals surface area contributed by atoms with Gasteiger partial charge < -0.3 is 10.2 Å². The number of carbonyl (C=O) groups excluding carboxylic acids is 1. The van der Waals surface area contributed by atoms with Gasteiger partial charge in [-0.3, -0.25) is 4.79 Å². The topological polar surface area (TPSA) is 32.3 Å².